The molecule has 3 rings (SSSR count). The van der Waals surface area contributed by atoms with Crippen LogP contribution in [0.2, 0.25) is 0 Å². The number of hydrogen-bond donors (Lipinski definition) is 1. The molecule has 1 saturated carbocycles. The molecule has 2 unspecified atom stereocenters. The monoisotopic (exact) mass is 393 g/mol. The zero-order valence-electron chi connectivity index (χ0n) is 12.7. The summed E-state index contributed by atoms with van der Waals surface area (Å²) in [6.45, 7) is 7.42. The first kappa shape index (κ1) is 16.3. The average molecular weight is 393 g/mol. The minimum atomic E-state index is 0. The Morgan fingerprint density at radius 1 is 1.25 bits per heavy atom. The van der Waals surface area contributed by atoms with Gasteiger partial charge in [0.05, 0.1) is 13.2 Å². The van der Waals surface area contributed by atoms with Gasteiger partial charge in [-0.05, 0) is 24.7 Å². The summed E-state index contributed by atoms with van der Waals surface area (Å²) in [6, 6.07) is 0. The van der Waals surface area contributed by atoms with Crippen molar-refractivity contribution in [3.8, 4) is 0 Å². The van der Waals surface area contributed by atoms with Crippen molar-refractivity contribution in [3.05, 3.63) is 0 Å². The van der Waals surface area contributed by atoms with Gasteiger partial charge in [0.1, 0.15) is 0 Å². The second-order valence-corrected chi connectivity index (χ2v) is 6.91. The molecule has 20 heavy (non-hydrogen) atoms. The molecule has 0 aromatic carbocycles. The third-order valence-corrected chi connectivity index (χ3v) is 5.06. The zero-order chi connectivity index (χ0) is 13.3. The van der Waals surface area contributed by atoms with E-state index in [4.69, 9.17) is 4.74 Å². The molecule has 0 aromatic rings. The molecule has 2 heterocycles. The molecule has 0 aromatic heterocycles. The van der Waals surface area contributed by atoms with E-state index in [0.29, 0.717) is 5.41 Å². The van der Waals surface area contributed by atoms with Gasteiger partial charge in [0, 0.05) is 32.1 Å². The van der Waals surface area contributed by atoms with Crippen LogP contribution in [0, 0.1) is 17.3 Å². The lowest BCUT2D eigenvalue weighted by Crippen LogP contribution is -2.51. The lowest BCUT2D eigenvalue weighted by Gasteiger charge is -2.39. The highest BCUT2D eigenvalue weighted by Gasteiger charge is 2.37. The van der Waals surface area contributed by atoms with Crippen LogP contribution in [0.1, 0.15) is 32.6 Å². The van der Waals surface area contributed by atoms with Crippen molar-refractivity contribution in [2.75, 3.05) is 39.9 Å². The lowest BCUT2D eigenvalue weighted by molar-refractivity contribution is -0.0972. The van der Waals surface area contributed by atoms with E-state index >= 15 is 0 Å². The Morgan fingerprint density at radius 3 is 2.30 bits per heavy atom. The number of aliphatic imine (C=N–C) groups is 1. The Morgan fingerprint density at radius 2 is 1.85 bits per heavy atom. The maximum absolute atomic E-state index is 5.31. The van der Waals surface area contributed by atoms with Crippen molar-refractivity contribution in [1.82, 2.24) is 10.2 Å². The highest BCUT2D eigenvalue weighted by atomic mass is 127. The molecule has 0 bridgehead atoms. The number of rotatable bonds is 2. The van der Waals surface area contributed by atoms with Crippen LogP contribution in [0.4, 0.5) is 0 Å². The molecular formula is C15H28IN3O. The molecule has 4 nitrogen and oxygen atoms in total. The van der Waals surface area contributed by atoms with Gasteiger partial charge in [-0.2, -0.15) is 0 Å². The van der Waals surface area contributed by atoms with Crippen LogP contribution in [0.5, 0.6) is 0 Å². The topological polar surface area (TPSA) is 36.9 Å². The van der Waals surface area contributed by atoms with Crippen LogP contribution in [-0.4, -0.2) is 50.8 Å². The number of halogens is 1. The average Bonchev–Trinajstić information content (AvgIpc) is 2.81. The third kappa shape index (κ3) is 3.40. The highest BCUT2D eigenvalue weighted by molar-refractivity contribution is 14.0. The Kier molecular flexibility index (Phi) is 5.56. The van der Waals surface area contributed by atoms with Crippen molar-refractivity contribution < 1.29 is 4.74 Å². The predicted octanol–water partition coefficient (Wildman–Crippen LogP) is 2.34. The van der Waals surface area contributed by atoms with Crippen molar-refractivity contribution in [3.63, 3.8) is 0 Å². The van der Waals surface area contributed by atoms with Crippen molar-refractivity contribution in [2.24, 2.45) is 22.2 Å². The lowest BCUT2D eigenvalue weighted by atomic mass is 9.82. The summed E-state index contributed by atoms with van der Waals surface area (Å²) < 4.78 is 5.31. The molecule has 0 spiro atoms. The van der Waals surface area contributed by atoms with Crippen molar-refractivity contribution in [2.45, 2.75) is 32.6 Å². The van der Waals surface area contributed by atoms with Crippen LogP contribution < -0.4 is 5.32 Å². The van der Waals surface area contributed by atoms with E-state index in [1.54, 1.807) is 0 Å². The van der Waals surface area contributed by atoms with Crippen LogP contribution in [0.25, 0.3) is 0 Å². The second kappa shape index (κ2) is 6.81. The number of likely N-dealkylation sites (tertiary alicyclic amines) is 1. The molecule has 5 heteroatoms. The Balaban J connectivity index is 0.00000147. The molecule has 116 valence electrons. The van der Waals surface area contributed by atoms with Gasteiger partial charge in [-0.3, -0.25) is 4.99 Å². The molecule has 3 aliphatic rings. The predicted molar refractivity (Wildman–Crippen MR) is 92.7 cm³/mol. The van der Waals surface area contributed by atoms with Gasteiger partial charge in [0.2, 0.25) is 0 Å². The molecule has 2 atom stereocenters. The summed E-state index contributed by atoms with van der Waals surface area (Å²) in [4.78, 5) is 6.96. The SMILES string of the molecule is CN=C(NCC1(C)COC1)N1CC2CCCCC2C1.I. The molecule has 1 aliphatic carbocycles. The smallest absolute Gasteiger partial charge is 0.193 e. The van der Waals surface area contributed by atoms with Gasteiger partial charge < -0.3 is 15.0 Å². The van der Waals surface area contributed by atoms with E-state index in [0.717, 1.165) is 37.6 Å². The van der Waals surface area contributed by atoms with E-state index in [9.17, 15) is 0 Å². The normalized spacial score (nSPS) is 32.1. The molecule has 2 aliphatic heterocycles. The van der Waals surface area contributed by atoms with Gasteiger partial charge in [-0.15, -0.1) is 24.0 Å². The van der Waals surface area contributed by atoms with Gasteiger partial charge in [-0.1, -0.05) is 19.8 Å². The molecular weight excluding hydrogens is 365 g/mol. The fourth-order valence-electron chi connectivity index (χ4n) is 3.76. The maximum atomic E-state index is 5.31. The summed E-state index contributed by atoms with van der Waals surface area (Å²) >= 11 is 0. The molecule has 2 saturated heterocycles. The first-order valence-electron chi connectivity index (χ1n) is 7.73. The summed E-state index contributed by atoms with van der Waals surface area (Å²) in [5, 5.41) is 3.56. The third-order valence-electron chi connectivity index (χ3n) is 5.06. The van der Waals surface area contributed by atoms with Gasteiger partial charge in [-0.25, -0.2) is 0 Å². The number of fused-ring (bicyclic) bond motifs is 1. The number of nitrogens with one attached hydrogen (secondary N) is 1. The number of nitrogens with zero attached hydrogens (tertiary/aromatic N) is 2. The highest BCUT2D eigenvalue weighted by Crippen LogP contribution is 2.36. The maximum Gasteiger partial charge on any atom is 0.193 e. The van der Waals surface area contributed by atoms with Crippen LogP contribution in [0.3, 0.4) is 0 Å². The largest absolute Gasteiger partial charge is 0.380 e. The van der Waals surface area contributed by atoms with Crippen molar-refractivity contribution >= 4 is 29.9 Å². The first-order chi connectivity index (χ1) is 9.20. The molecule has 0 amide bonds. The van der Waals surface area contributed by atoms with Crippen LogP contribution in [0.15, 0.2) is 4.99 Å². The summed E-state index contributed by atoms with van der Waals surface area (Å²) in [5.74, 6) is 2.92. The second-order valence-electron chi connectivity index (χ2n) is 6.91. The standard InChI is InChI=1S/C15H27N3O.HI/c1-15(10-19-11-15)9-17-14(16-2)18-7-12-5-3-4-6-13(12)8-18;/h12-13H,3-11H2,1-2H3,(H,16,17);1H. The minimum Gasteiger partial charge on any atom is -0.380 e. The fraction of sp³-hybridized carbons (Fsp3) is 0.933. The van der Waals surface area contributed by atoms with E-state index in [2.05, 4.69) is 22.1 Å². The molecule has 1 N–H and O–H groups in total. The molecule has 3 fully saturated rings. The Labute approximate surface area is 139 Å². The van der Waals surface area contributed by atoms with E-state index in [1.165, 1.54) is 38.8 Å². The summed E-state index contributed by atoms with van der Waals surface area (Å²) in [5.41, 5.74) is 0.308. The first-order valence-corrected chi connectivity index (χ1v) is 7.73. The van der Waals surface area contributed by atoms with E-state index in [1.807, 2.05) is 7.05 Å². The van der Waals surface area contributed by atoms with Gasteiger partial charge in [0.25, 0.3) is 0 Å². The van der Waals surface area contributed by atoms with Crippen LogP contribution in [-0.2, 0) is 4.74 Å². The summed E-state index contributed by atoms with van der Waals surface area (Å²) in [7, 11) is 1.91. The quantitative estimate of drug-likeness (QED) is 0.445. The van der Waals surface area contributed by atoms with Crippen molar-refractivity contribution in [1.29, 1.82) is 0 Å². The van der Waals surface area contributed by atoms with Gasteiger partial charge >= 0.3 is 0 Å². The Bertz CT molecular complexity index is 343. The van der Waals surface area contributed by atoms with Gasteiger partial charge in [0.15, 0.2) is 5.96 Å². The number of guanidine groups is 1. The van der Waals surface area contributed by atoms with E-state index in [-0.39, 0.29) is 24.0 Å². The summed E-state index contributed by atoms with van der Waals surface area (Å²) in [6.07, 6.45) is 5.69. The number of hydrogen-bond acceptors (Lipinski definition) is 2. The van der Waals surface area contributed by atoms with Crippen LogP contribution >= 0.6 is 24.0 Å². The minimum absolute atomic E-state index is 0. The number of ether oxygens (including phenoxy) is 1. The fourth-order valence-corrected chi connectivity index (χ4v) is 3.76. The molecule has 0 radical (unpaired) electrons. The Hall–Kier alpha value is -0.0400. The van der Waals surface area contributed by atoms with E-state index < -0.39 is 0 Å². The zero-order valence-corrected chi connectivity index (χ0v) is 15.1.